The molecule has 150 valence electrons. The van der Waals surface area contributed by atoms with Crippen molar-refractivity contribution in [3.8, 4) is 10.6 Å². The second kappa shape index (κ2) is 7.35. The molecule has 2 heterocycles. The van der Waals surface area contributed by atoms with Gasteiger partial charge in [0.2, 0.25) is 0 Å². The van der Waals surface area contributed by atoms with E-state index in [0.717, 1.165) is 11.3 Å². The van der Waals surface area contributed by atoms with Crippen LogP contribution in [0.25, 0.3) is 31.7 Å². The van der Waals surface area contributed by atoms with Gasteiger partial charge in [0.1, 0.15) is 22.9 Å². The lowest BCUT2D eigenvalue weighted by molar-refractivity contribution is -0.143. The van der Waals surface area contributed by atoms with E-state index in [1.807, 2.05) is 0 Å². The Morgan fingerprint density at radius 3 is 2.72 bits per heavy atom. The molecule has 9 heteroatoms. The normalized spacial score (nSPS) is 11.5. The van der Waals surface area contributed by atoms with Crippen LogP contribution in [0.2, 0.25) is 5.02 Å². The highest BCUT2D eigenvalue weighted by molar-refractivity contribution is 7.21. The van der Waals surface area contributed by atoms with Gasteiger partial charge in [0.05, 0.1) is 16.8 Å². The van der Waals surface area contributed by atoms with E-state index in [-0.39, 0.29) is 23.4 Å². The monoisotopic (exact) mass is 438 g/mol. The van der Waals surface area contributed by atoms with Gasteiger partial charge in [-0.05, 0) is 26.0 Å². The van der Waals surface area contributed by atoms with Crippen LogP contribution in [0.1, 0.15) is 12.6 Å². The fourth-order valence-electron chi connectivity index (χ4n) is 3.35. The van der Waals surface area contributed by atoms with Crippen molar-refractivity contribution in [1.82, 2.24) is 9.55 Å². The number of rotatable bonds is 4. The van der Waals surface area contributed by atoms with Crippen LogP contribution in [0.15, 0.2) is 24.3 Å². The minimum Gasteiger partial charge on any atom is -0.465 e. The van der Waals surface area contributed by atoms with Gasteiger partial charge in [0, 0.05) is 27.7 Å². The summed E-state index contributed by atoms with van der Waals surface area (Å²) < 4.78 is 48.6. The summed E-state index contributed by atoms with van der Waals surface area (Å²) in [6.07, 6.45) is 0. The average Bonchev–Trinajstić information content (AvgIpc) is 3.21. The van der Waals surface area contributed by atoms with E-state index < -0.39 is 23.4 Å². The van der Waals surface area contributed by atoms with E-state index in [2.05, 4.69) is 4.98 Å². The molecule has 0 atom stereocenters. The maximum atomic E-state index is 14.2. The maximum absolute atomic E-state index is 14.2. The van der Waals surface area contributed by atoms with Gasteiger partial charge in [-0.25, -0.2) is 18.2 Å². The van der Waals surface area contributed by atoms with Crippen LogP contribution in [0, 0.1) is 24.4 Å². The van der Waals surface area contributed by atoms with E-state index in [1.165, 1.54) is 0 Å². The number of hydrogen-bond donors (Lipinski definition) is 0. The number of nitrogens with zero attached hydrogens (tertiary/aromatic N) is 2. The van der Waals surface area contributed by atoms with Crippen molar-refractivity contribution >= 4 is 50.0 Å². The van der Waals surface area contributed by atoms with Crippen molar-refractivity contribution < 1.29 is 22.7 Å². The van der Waals surface area contributed by atoms with Crippen LogP contribution < -0.4 is 0 Å². The Morgan fingerprint density at radius 1 is 1.24 bits per heavy atom. The van der Waals surface area contributed by atoms with Gasteiger partial charge in [0.25, 0.3) is 0 Å². The summed E-state index contributed by atoms with van der Waals surface area (Å²) >= 11 is 7.06. The molecule has 0 bridgehead atoms. The molecule has 2 aromatic carbocycles. The molecule has 0 aliphatic carbocycles. The van der Waals surface area contributed by atoms with Gasteiger partial charge in [-0.3, -0.25) is 4.79 Å². The molecule has 0 unspecified atom stereocenters. The van der Waals surface area contributed by atoms with Gasteiger partial charge in [-0.1, -0.05) is 17.7 Å². The Kier molecular flexibility index (Phi) is 5.00. The predicted molar refractivity (Wildman–Crippen MR) is 107 cm³/mol. The molecule has 0 radical (unpaired) electrons. The molecular formula is C20H14ClF3N2O2S. The Hall–Kier alpha value is -2.58. The van der Waals surface area contributed by atoms with E-state index in [1.54, 1.807) is 36.6 Å². The SMILES string of the molecule is CCOC(=O)Cn1c(C)c(-c2nc3c(F)c(F)cc(F)c3s2)c2ccc(Cl)cc21. The van der Waals surface area contributed by atoms with Crippen LogP contribution in [0.4, 0.5) is 13.2 Å². The van der Waals surface area contributed by atoms with Crippen LogP contribution >= 0.6 is 22.9 Å². The highest BCUT2D eigenvalue weighted by Gasteiger charge is 2.23. The van der Waals surface area contributed by atoms with Crippen molar-refractivity contribution in [1.29, 1.82) is 0 Å². The third-order valence-corrected chi connectivity index (χ3v) is 5.92. The summed E-state index contributed by atoms with van der Waals surface area (Å²) in [5, 5.41) is 1.49. The number of thiazole rings is 1. The summed E-state index contributed by atoms with van der Waals surface area (Å²) in [5.74, 6) is -3.79. The number of benzene rings is 2. The molecule has 0 aliphatic heterocycles. The molecule has 0 spiro atoms. The standard InChI is InChI=1S/C20H14ClF3N2O2S/c1-3-28-15(27)8-26-9(2)16(11-5-4-10(21)6-14(11)26)20-25-18-17(24)12(22)7-13(23)19(18)29-20/h4-7H,3,8H2,1-2H3. The van der Waals surface area contributed by atoms with Gasteiger partial charge >= 0.3 is 5.97 Å². The molecule has 29 heavy (non-hydrogen) atoms. The number of carbonyl (C=O) groups is 1. The average molecular weight is 439 g/mol. The molecule has 0 saturated carbocycles. The van der Waals surface area contributed by atoms with Crippen molar-refractivity contribution in [3.05, 3.63) is 52.4 Å². The highest BCUT2D eigenvalue weighted by atomic mass is 35.5. The van der Waals surface area contributed by atoms with Crippen molar-refractivity contribution in [2.75, 3.05) is 6.61 Å². The summed E-state index contributed by atoms with van der Waals surface area (Å²) in [5.41, 5.74) is 1.55. The van der Waals surface area contributed by atoms with Gasteiger partial charge in [0.15, 0.2) is 11.6 Å². The topological polar surface area (TPSA) is 44.1 Å². The first-order valence-electron chi connectivity index (χ1n) is 8.70. The number of carbonyl (C=O) groups excluding carboxylic acids is 1. The molecule has 0 amide bonds. The molecule has 4 aromatic rings. The fraction of sp³-hybridized carbons (Fsp3) is 0.200. The smallest absolute Gasteiger partial charge is 0.325 e. The van der Waals surface area contributed by atoms with Crippen molar-refractivity contribution in [3.63, 3.8) is 0 Å². The molecule has 4 nitrogen and oxygen atoms in total. The first kappa shape index (κ1) is 19.7. The zero-order chi connectivity index (χ0) is 20.9. The van der Waals surface area contributed by atoms with Gasteiger partial charge in [-0.15, -0.1) is 11.3 Å². The second-order valence-electron chi connectivity index (χ2n) is 6.36. The summed E-state index contributed by atoms with van der Waals surface area (Å²) in [6, 6.07) is 5.63. The van der Waals surface area contributed by atoms with E-state index in [9.17, 15) is 18.0 Å². The lowest BCUT2D eigenvalue weighted by Gasteiger charge is -2.08. The lowest BCUT2D eigenvalue weighted by atomic mass is 10.1. The number of aromatic nitrogens is 2. The van der Waals surface area contributed by atoms with Crippen LogP contribution in [-0.2, 0) is 16.1 Å². The summed E-state index contributed by atoms with van der Waals surface area (Å²) in [4.78, 5) is 16.2. The first-order valence-corrected chi connectivity index (χ1v) is 9.89. The Labute approximate surface area is 172 Å². The Balaban J connectivity index is 1.98. The largest absolute Gasteiger partial charge is 0.465 e. The third kappa shape index (κ3) is 3.26. The zero-order valence-corrected chi connectivity index (χ0v) is 16.9. The molecule has 0 saturated heterocycles. The summed E-state index contributed by atoms with van der Waals surface area (Å²) in [7, 11) is 0. The maximum Gasteiger partial charge on any atom is 0.325 e. The van der Waals surface area contributed by atoms with Crippen LogP contribution in [-0.4, -0.2) is 22.1 Å². The summed E-state index contributed by atoms with van der Waals surface area (Å²) in [6.45, 7) is 3.66. The third-order valence-electron chi connectivity index (χ3n) is 4.61. The predicted octanol–water partition coefficient (Wildman–Crippen LogP) is 5.86. The van der Waals surface area contributed by atoms with Crippen molar-refractivity contribution in [2.45, 2.75) is 20.4 Å². The molecule has 4 rings (SSSR count). The van der Waals surface area contributed by atoms with Crippen LogP contribution in [0.5, 0.6) is 0 Å². The molecule has 0 fully saturated rings. The minimum absolute atomic E-state index is 0.0568. The van der Waals surface area contributed by atoms with Crippen molar-refractivity contribution in [2.24, 2.45) is 0 Å². The quantitative estimate of drug-likeness (QED) is 0.296. The van der Waals surface area contributed by atoms with E-state index >= 15 is 0 Å². The number of ether oxygens (including phenoxy) is 1. The van der Waals surface area contributed by atoms with Gasteiger partial charge < -0.3 is 9.30 Å². The number of halogens is 4. The highest BCUT2D eigenvalue weighted by Crippen LogP contribution is 2.41. The fourth-order valence-corrected chi connectivity index (χ4v) is 4.60. The Bertz CT molecular complexity index is 1280. The van der Waals surface area contributed by atoms with Crippen LogP contribution in [0.3, 0.4) is 0 Å². The minimum atomic E-state index is -1.29. The van der Waals surface area contributed by atoms with E-state index in [0.29, 0.717) is 38.3 Å². The molecule has 0 N–H and O–H groups in total. The molecule has 0 aliphatic rings. The molecule has 2 aromatic heterocycles. The second-order valence-corrected chi connectivity index (χ2v) is 7.80. The number of esters is 1. The number of hydrogen-bond acceptors (Lipinski definition) is 4. The van der Waals surface area contributed by atoms with Gasteiger partial charge in [-0.2, -0.15) is 0 Å². The zero-order valence-electron chi connectivity index (χ0n) is 15.4. The number of fused-ring (bicyclic) bond motifs is 2. The van der Waals surface area contributed by atoms with E-state index in [4.69, 9.17) is 16.3 Å². The Morgan fingerprint density at radius 2 is 2.00 bits per heavy atom. The first-order chi connectivity index (χ1) is 13.8. The lowest BCUT2D eigenvalue weighted by Crippen LogP contribution is -2.14. The molecular weight excluding hydrogens is 425 g/mol.